The van der Waals surface area contributed by atoms with Crippen LogP contribution in [-0.4, -0.2) is 39.2 Å². The molecule has 0 aromatic rings. The third kappa shape index (κ3) is 8.60. The molecular weight excluding hydrogens is 314 g/mol. The number of halogens is 1. The Morgan fingerprint density at radius 1 is 1.33 bits per heavy atom. The molecule has 1 atom stereocenters. The van der Waals surface area contributed by atoms with E-state index in [0.717, 1.165) is 12.8 Å². The molecule has 0 radical (unpaired) electrons. The van der Waals surface area contributed by atoms with Gasteiger partial charge in [-0.25, -0.2) is 13.1 Å². The zero-order valence-electron chi connectivity index (χ0n) is 12.8. The van der Waals surface area contributed by atoms with Crippen LogP contribution in [0.2, 0.25) is 0 Å². The van der Waals surface area contributed by atoms with Gasteiger partial charge in [-0.2, -0.15) is 0 Å². The maximum absolute atomic E-state index is 11.7. The summed E-state index contributed by atoms with van der Waals surface area (Å²) < 4.78 is 26.0. The highest BCUT2D eigenvalue weighted by Crippen LogP contribution is 2.25. The highest BCUT2D eigenvalue weighted by Gasteiger charge is 2.20. The minimum Gasteiger partial charge on any atom is -0.354 e. The normalized spacial score (nSPS) is 17.0. The van der Waals surface area contributed by atoms with Crippen molar-refractivity contribution in [2.24, 2.45) is 17.6 Å². The maximum atomic E-state index is 11.7. The Bertz CT molecular complexity index is 411. The second kappa shape index (κ2) is 9.61. The van der Waals surface area contributed by atoms with Crippen molar-refractivity contribution in [1.82, 2.24) is 10.0 Å². The van der Waals surface area contributed by atoms with E-state index in [4.69, 9.17) is 5.73 Å². The number of nitrogens with two attached hydrogens (primary N) is 1. The van der Waals surface area contributed by atoms with E-state index in [1.165, 1.54) is 6.42 Å². The van der Waals surface area contributed by atoms with Gasteiger partial charge in [0, 0.05) is 13.1 Å². The molecule has 8 heteroatoms. The molecule has 1 aliphatic rings. The van der Waals surface area contributed by atoms with Gasteiger partial charge in [0.2, 0.25) is 15.9 Å². The fraction of sp³-hybridized carbons (Fsp3) is 0.923. The second-order valence-corrected chi connectivity index (χ2v) is 7.92. The number of hydrogen-bond donors (Lipinski definition) is 3. The van der Waals surface area contributed by atoms with Crippen molar-refractivity contribution in [3.8, 4) is 0 Å². The lowest BCUT2D eigenvalue weighted by atomic mass is 9.86. The minimum atomic E-state index is -3.30. The summed E-state index contributed by atoms with van der Waals surface area (Å²) in [6.07, 6.45) is 3.99. The summed E-state index contributed by atoms with van der Waals surface area (Å²) in [5.41, 5.74) is 5.71. The van der Waals surface area contributed by atoms with Gasteiger partial charge in [0.15, 0.2) is 0 Å². The van der Waals surface area contributed by atoms with Crippen LogP contribution in [0.3, 0.4) is 0 Å². The van der Waals surface area contributed by atoms with Crippen molar-refractivity contribution in [2.75, 3.05) is 18.8 Å². The fourth-order valence-electron chi connectivity index (χ4n) is 2.07. The van der Waals surface area contributed by atoms with E-state index in [0.29, 0.717) is 24.8 Å². The van der Waals surface area contributed by atoms with Crippen LogP contribution in [0.5, 0.6) is 0 Å². The van der Waals surface area contributed by atoms with Crippen molar-refractivity contribution in [1.29, 1.82) is 0 Å². The smallest absolute Gasteiger partial charge is 0.236 e. The van der Waals surface area contributed by atoms with E-state index in [2.05, 4.69) is 10.0 Å². The largest absolute Gasteiger partial charge is 0.354 e. The van der Waals surface area contributed by atoms with Gasteiger partial charge in [0.05, 0.1) is 11.8 Å². The Morgan fingerprint density at radius 2 is 1.95 bits per heavy atom. The zero-order chi connectivity index (χ0) is 15.2. The molecule has 0 bridgehead atoms. The first-order valence-electron chi connectivity index (χ1n) is 7.31. The lowest BCUT2D eigenvalue weighted by Crippen LogP contribution is -2.44. The van der Waals surface area contributed by atoms with Crippen LogP contribution in [-0.2, 0) is 14.8 Å². The van der Waals surface area contributed by atoms with Gasteiger partial charge in [-0.3, -0.25) is 4.79 Å². The quantitative estimate of drug-likeness (QED) is 0.572. The summed E-state index contributed by atoms with van der Waals surface area (Å²) in [6, 6.07) is -0.569. The molecule has 1 aliphatic carbocycles. The lowest BCUT2D eigenvalue weighted by molar-refractivity contribution is -0.122. The average Bonchev–Trinajstić information content (AvgIpc) is 2.25. The molecule has 0 spiro atoms. The summed E-state index contributed by atoms with van der Waals surface area (Å²) >= 11 is 0. The molecule has 0 heterocycles. The van der Waals surface area contributed by atoms with Gasteiger partial charge in [0.25, 0.3) is 0 Å². The van der Waals surface area contributed by atoms with Gasteiger partial charge in [-0.05, 0) is 31.1 Å². The topological polar surface area (TPSA) is 101 Å². The monoisotopic (exact) mass is 341 g/mol. The number of rotatable bonds is 9. The standard InChI is InChI=1S/C13H27N3O3S.ClH/c1-10(2)8-12(14)13(17)15-6-7-20(18,19)16-9-11-4-3-5-11;/h10-12,16H,3-9,14H2,1-2H3,(H,15,17);1H/t12-;/m0./s1. The van der Waals surface area contributed by atoms with Gasteiger partial charge in [0.1, 0.15) is 0 Å². The minimum absolute atomic E-state index is 0. The van der Waals surface area contributed by atoms with E-state index in [9.17, 15) is 13.2 Å². The SMILES string of the molecule is CC(C)C[C@H](N)C(=O)NCCS(=O)(=O)NCC1CCC1.Cl. The Morgan fingerprint density at radius 3 is 2.43 bits per heavy atom. The van der Waals surface area contributed by atoms with Crippen molar-refractivity contribution >= 4 is 28.3 Å². The van der Waals surface area contributed by atoms with Crippen molar-refractivity contribution in [3.63, 3.8) is 0 Å². The predicted molar refractivity (Wildman–Crippen MR) is 86.8 cm³/mol. The van der Waals surface area contributed by atoms with Crippen molar-refractivity contribution in [3.05, 3.63) is 0 Å². The molecule has 1 amide bonds. The summed E-state index contributed by atoms with van der Waals surface area (Å²) in [5.74, 6) is 0.440. The van der Waals surface area contributed by atoms with E-state index in [-0.39, 0.29) is 30.6 Å². The van der Waals surface area contributed by atoms with Gasteiger partial charge < -0.3 is 11.1 Å². The van der Waals surface area contributed by atoms with Crippen LogP contribution < -0.4 is 15.8 Å². The molecule has 0 unspecified atom stereocenters. The van der Waals surface area contributed by atoms with Crippen LogP contribution in [0, 0.1) is 11.8 Å². The van der Waals surface area contributed by atoms with Gasteiger partial charge >= 0.3 is 0 Å². The summed E-state index contributed by atoms with van der Waals surface area (Å²) in [6.45, 7) is 4.59. The zero-order valence-corrected chi connectivity index (χ0v) is 14.4. The number of hydrogen-bond acceptors (Lipinski definition) is 4. The number of nitrogens with one attached hydrogen (secondary N) is 2. The molecule has 0 aromatic heterocycles. The lowest BCUT2D eigenvalue weighted by Gasteiger charge is -2.25. The summed E-state index contributed by atoms with van der Waals surface area (Å²) in [7, 11) is -3.30. The number of carbonyl (C=O) groups excluding carboxylic acids is 1. The Hall–Kier alpha value is -0.370. The first-order chi connectivity index (χ1) is 9.30. The van der Waals surface area contributed by atoms with Crippen LogP contribution in [0.1, 0.15) is 39.5 Å². The Kier molecular flexibility index (Phi) is 9.44. The molecule has 1 saturated carbocycles. The third-order valence-corrected chi connectivity index (χ3v) is 4.90. The van der Waals surface area contributed by atoms with Crippen LogP contribution in [0.15, 0.2) is 0 Å². The van der Waals surface area contributed by atoms with Gasteiger partial charge in [-0.15, -0.1) is 12.4 Å². The molecule has 0 saturated heterocycles. The molecule has 0 aromatic carbocycles. The highest BCUT2D eigenvalue weighted by atomic mass is 35.5. The number of amides is 1. The fourth-order valence-corrected chi connectivity index (χ4v) is 3.07. The molecule has 6 nitrogen and oxygen atoms in total. The molecular formula is C13H28ClN3O3S. The van der Waals surface area contributed by atoms with E-state index in [1.54, 1.807) is 0 Å². The Balaban J connectivity index is 0.00000400. The Labute approximate surface area is 134 Å². The van der Waals surface area contributed by atoms with Crippen LogP contribution in [0.4, 0.5) is 0 Å². The third-order valence-electron chi connectivity index (χ3n) is 3.55. The first kappa shape index (κ1) is 20.6. The van der Waals surface area contributed by atoms with Crippen molar-refractivity contribution < 1.29 is 13.2 Å². The molecule has 0 aliphatic heterocycles. The molecule has 1 fully saturated rings. The van der Waals surface area contributed by atoms with Crippen molar-refractivity contribution in [2.45, 2.75) is 45.6 Å². The average molecular weight is 342 g/mol. The summed E-state index contributed by atoms with van der Waals surface area (Å²) in [4.78, 5) is 11.6. The molecule has 4 N–H and O–H groups in total. The second-order valence-electron chi connectivity index (χ2n) is 5.99. The molecule has 1 rings (SSSR count). The van der Waals surface area contributed by atoms with Gasteiger partial charge in [-0.1, -0.05) is 20.3 Å². The van der Waals surface area contributed by atoms with Crippen LogP contribution in [0.25, 0.3) is 0 Å². The molecule has 21 heavy (non-hydrogen) atoms. The van der Waals surface area contributed by atoms with E-state index < -0.39 is 16.1 Å². The van der Waals surface area contributed by atoms with Crippen LogP contribution >= 0.6 is 12.4 Å². The first-order valence-corrected chi connectivity index (χ1v) is 8.96. The number of carbonyl (C=O) groups is 1. The van der Waals surface area contributed by atoms with E-state index in [1.807, 2.05) is 13.8 Å². The highest BCUT2D eigenvalue weighted by molar-refractivity contribution is 7.89. The maximum Gasteiger partial charge on any atom is 0.236 e. The summed E-state index contributed by atoms with van der Waals surface area (Å²) in [5, 5.41) is 2.58. The predicted octanol–water partition coefficient (Wildman–Crippen LogP) is 0.617. The van der Waals surface area contributed by atoms with E-state index >= 15 is 0 Å². The molecule has 126 valence electrons. The number of sulfonamides is 1.